The Hall–Kier alpha value is -1.59. The summed E-state index contributed by atoms with van der Waals surface area (Å²) in [5, 5.41) is 3.30. The van der Waals surface area contributed by atoms with E-state index in [1.165, 1.54) is 0 Å². The molecule has 1 atom stereocenters. The van der Waals surface area contributed by atoms with Crippen LogP contribution in [0.15, 0.2) is 24.3 Å². The first kappa shape index (κ1) is 15.8. The third kappa shape index (κ3) is 4.72. The SMILES string of the molecule is CCOc1ccccc1CN(C)C(=O)CC1COCCN1. The van der Waals surface area contributed by atoms with Crippen molar-refractivity contribution in [2.75, 3.05) is 33.4 Å². The molecule has 0 saturated carbocycles. The third-order valence-electron chi connectivity index (χ3n) is 3.53. The van der Waals surface area contributed by atoms with Crippen LogP contribution in [0.25, 0.3) is 0 Å². The summed E-state index contributed by atoms with van der Waals surface area (Å²) in [5.41, 5.74) is 1.03. The maximum atomic E-state index is 12.3. The molecule has 1 aliphatic heterocycles. The summed E-state index contributed by atoms with van der Waals surface area (Å²) in [6, 6.07) is 7.97. The molecule has 116 valence electrons. The molecule has 1 aliphatic rings. The summed E-state index contributed by atoms with van der Waals surface area (Å²) < 4.78 is 11.0. The lowest BCUT2D eigenvalue weighted by atomic mass is 10.1. The number of hydrogen-bond acceptors (Lipinski definition) is 4. The molecule has 1 amide bonds. The highest BCUT2D eigenvalue weighted by Crippen LogP contribution is 2.19. The number of amides is 1. The van der Waals surface area contributed by atoms with Crippen molar-refractivity contribution < 1.29 is 14.3 Å². The standard InChI is InChI=1S/C16H24N2O3/c1-3-21-15-7-5-4-6-13(15)11-18(2)16(19)10-14-12-20-9-8-17-14/h4-7,14,17H,3,8-12H2,1-2H3. The molecule has 0 aliphatic carbocycles. The zero-order chi connectivity index (χ0) is 15.1. The molecule has 0 radical (unpaired) electrons. The van der Waals surface area contributed by atoms with Crippen LogP contribution in [-0.4, -0.2) is 50.3 Å². The predicted molar refractivity (Wildman–Crippen MR) is 81.3 cm³/mol. The Labute approximate surface area is 126 Å². The van der Waals surface area contributed by atoms with Crippen molar-refractivity contribution in [2.45, 2.75) is 25.9 Å². The van der Waals surface area contributed by atoms with Crippen LogP contribution in [0.2, 0.25) is 0 Å². The quantitative estimate of drug-likeness (QED) is 0.861. The monoisotopic (exact) mass is 292 g/mol. The van der Waals surface area contributed by atoms with Gasteiger partial charge in [0, 0.05) is 38.2 Å². The molecular weight excluding hydrogens is 268 g/mol. The first-order valence-corrected chi connectivity index (χ1v) is 7.46. The fraction of sp³-hybridized carbons (Fsp3) is 0.562. The van der Waals surface area contributed by atoms with Crippen LogP contribution in [0.1, 0.15) is 18.9 Å². The van der Waals surface area contributed by atoms with Crippen LogP contribution in [-0.2, 0) is 16.1 Å². The van der Waals surface area contributed by atoms with Crippen molar-refractivity contribution in [3.8, 4) is 5.75 Å². The lowest BCUT2D eigenvalue weighted by Crippen LogP contribution is -2.44. The van der Waals surface area contributed by atoms with E-state index in [0.717, 1.165) is 24.5 Å². The number of nitrogens with one attached hydrogen (secondary N) is 1. The van der Waals surface area contributed by atoms with Gasteiger partial charge in [-0.15, -0.1) is 0 Å². The fourth-order valence-electron chi connectivity index (χ4n) is 2.39. The van der Waals surface area contributed by atoms with Crippen molar-refractivity contribution >= 4 is 5.91 Å². The normalized spacial score (nSPS) is 18.3. The van der Waals surface area contributed by atoms with Crippen LogP contribution in [0, 0.1) is 0 Å². The van der Waals surface area contributed by atoms with Gasteiger partial charge >= 0.3 is 0 Å². The number of hydrogen-bond donors (Lipinski definition) is 1. The molecule has 1 aromatic rings. The number of nitrogens with zero attached hydrogens (tertiary/aromatic N) is 1. The Bertz CT molecular complexity index is 459. The molecule has 0 bridgehead atoms. The molecule has 5 nitrogen and oxygen atoms in total. The zero-order valence-electron chi connectivity index (χ0n) is 12.8. The second kappa shape index (κ2) is 8.00. The number of para-hydroxylation sites is 1. The van der Waals surface area contributed by atoms with Gasteiger partial charge in [-0.1, -0.05) is 18.2 Å². The van der Waals surface area contributed by atoms with E-state index in [1.54, 1.807) is 4.90 Å². The summed E-state index contributed by atoms with van der Waals surface area (Å²) in [6.45, 7) is 5.28. The summed E-state index contributed by atoms with van der Waals surface area (Å²) in [7, 11) is 1.83. The molecule has 1 fully saturated rings. The van der Waals surface area contributed by atoms with E-state index in [0.29, 0.717) is 26.2 Å². The smallest absolute Gasteiger partial charge is 0.224 e. The van der Waals surface area contributed by atoms with Gasteiger partial charge in [-0.05, 0) is 13.0 Å². The molecule has 1 heterocycles. The predicted octanol–water partition coefficient (Wildman–Crippen LogP) is 1.42. The minimum absolute atomic E-state index is 0.115. The van der Waals surface area contributed by atoms with E-state index < -0.39 is 0 Å². The average molecular weight is 292 g/mol. The molecule has 2 rings (SSSR count). The van der Waals surface area contributed by atoms with Gasteiger partial charge in [0.05, 0.1) is 19.8 Å². The highest BCUT2D eigenvalue weighted by Gasteiger charge is 2.19. The van der Waals surface area contributed by atoms with Crippen molar-refractivity contribution in [1.29, 1.82) is 0 Å². The van der Waals surface area contributed by atoms with Crippen LogP contribution >= 0.6 is 0 Å². The van der Waals surface area contributed by atoms with E-state index >= 15 is 0 Å². The number of carbonyl (C=O) groups is 1. The number of benzene rings is 1. The summed E-state index contributed by atoms with van der Waals surface area (Å²) in [6.07, 6.45) is 0.466. The Balaban J connectivity index is 1.90. The van der Waals surface area contributed by atoms with E-state index in [2.05, 4.69) is 5.32 Å². The zero-order valence-corrected chi connectivity index (χ0v) is 12.8. The van der Waals surface area contributed by atoms with Gasteiger partial charge in [-0.25, -0.2) is 0 Å². The lowest BCUT2D eigenvalue weighted by Gasteiger charge is -2.26. The number of rotatable bonds is 6. The van der Waals surface area contributed by atoms with E-state index in [9.17, 15) is 4.79 Å². The van der Waals surface area contributed by atoms with Crippen LogP contribution < -0.4 is 10.1 Å². The molecule has 5 heteroatoms. The van der Waals surface area contributed by atoms with Crippen LogP contribution in [0.3, 0.4) is 0 Å². The molecular formula is C16H24N2O3. The number of morpholine rings is 1. The second-order valence-corrected chi connectivity index (χ2v) is 5.22. The Morgan fingerprint density at radius 2 is 2.29 bits per heavy atom. The molecule has 21 heavy (non-hydrogen) atoms. The average Bonchev–Trinajstić information content (AvgIpc) is 2.50. The van der Waals surface area contributed by atoms with Crippen molar-refractivity contribution in [2.24, 2.45) is 0 Å². The largest absolute Gasteiger partial charge is 0.494 e. The van der Waals surface area contributed by atoms with Crippen LogP contribution in [0.4, 0.5) is 0 Å². The van der Waals surface area contributed by atoms with Gasteiger partial charge in [-0.3, -0.25) is 4.79 Å². The van der Waals surface area contributed by atoms with Gasteiger partial charge in [0.15, 0.2) is 0 Å². The second-order valence-electron chi connectivity index (χ2n) is 5.22. The maximum absolute atomic E-state index is 12.3. The third-order valence-corrected chi connectivity index (χ3v) is 3.53. The van der Waals surface area contributed by atoms with Gasteiger partial charge in [0.25, 0.3) is 0 Å². The van der Waals surface area contributed by atoms with Gasteiger partial charge in [0.1, 0.15) is 5.75 Å². The Kier molecular flexibility index (Phi) is 6.02. The first-order valence-electron chi connectivity index (χ1n) is 7.46. The lowest BCUT2D eigenvalue weighted by molar-refractivity contribution is -0.131. The topological polar surface area (TPSA) is 50.8 Å². The highest BCUT2D eigenvalue weighted by atomic mass is 16.5. The molecule has 0 spiro atoms. The van der Waals surface area contributed by atoms with Gasteiger partial charge < -0.3 is 19.7 Å². The van der Waals surface area contributed by atoms with E-state index in [1.807, 2.05) is 38.2 Å². The molecule has 1 aromatic carbocycles. The minimum atomic E-state index is 0.115. The first-order chi connectivity index (χ1) is 10.2. The molecule has 1 saturated heterocycles. The van der Waals surface area contributed by atoms with Crippen LogP contribution in [0.5, 0.6) is 5.75 Å². The summed E-state index contributed by atoms with van der Waals surface area (Å²) >= 11 is 0. The Morgan fingerprint density at radius 1 is 1.48 bits per heavy atom. The minimum Gasteiger partial charge on any atom is -0.494 e. The fourth-order valence-corrected chi connectivity index (χ4v) is 2.39. The summed E-state index contributed by atoms with van der Waals surface area (Å²) in [4.78, 5) is 14.0. The number of carbonyl (C=O) groups excluding carboxylic acids is 1. The number of ether oxygens (including phenoxy) is 2. The van der Waals surface area contributed by atoms with E-state index in [4.69, 9.17) is 9.47 Å². The molecule has 1 N–H and O–H groups in total. The maximum Gasteiger partial charge on any atom is 0.224 e. The Morgan fingerprint density at radius 3 is 3.00 bits per heavy atom. The highest BCUT2D eigenvalue weighted by molar-refractivity contribution is 5.76. The van der Waals surface area contributed by atoms with Crippen molar-refractivity contribution in [3.63, 3.8) is 0 Å². The molecule has 0 aromatic heterocycles. The van der Waals surface area contributed by atoms with Gasteiger partial charge in [-0.2, -0.15) is 0 Å². The molecule has 1 unspecified atom stereocenters. The van der Waals surface area contributed by atoms with E-state index in [-0.39, 0.29) is 11.9 Å². The summed E-state index contributed by atoms with van der Waals surface area (Å²) in [5.74, 6) is 0.961. The van der Waals surface area contributed by atoms with Crippen molar-refractivity contribution in [1.82, 2.24) is 10.2 Å². The van der Waals surface area contributed by atoms with Crippen molar-refractivity contribution in [3.05, 3.63) is 29.8 Å². The van der Waals surface area contributed by atoms with Gasteiger partial charge in [0.2, 0.25) is 5.91 Å².